The number of hydrogen-bond acceptors (Lipinski definition) is 3. The Balaban J connectivity index is 2.84. The fourth-order valence-corrected chi connectivity index (χ4v) is 2.10. The van der Waals surface area contributed by atoms with E-state index in [1.54, 1.807) is 6.92 Å². The summed E-state index contributed by atoms with van der Waals surface area (Å²) < 4.78 is 6.76. The van der Waals surface area contributed by atoms with E-state index in [0.29, 0.717) is 6.54 Å². The maximum atomic E-state index is 11.9. The smallest absolute Gasteiger partial charge is 0.260 e. The lowest BCUT2D eigenvalue weighted by Crippen LogP contribution is -2.37. The lowest BCUT2D eigenvalue weighted by molar-refractivity contribution is -0.127. The van der Waals surface area contributed by atoms with Gasteiger partial charge in [-0.15, -0.1) is 0 Å². The van der Waals surface area contributed by atoms with Gasteiger partial charge < -0.3 is 15.4 Å². The highest BCUT2D eigenvalue weighted by atomic mass is 79.9. The van der Waals surface area contributed by atoms with Gasteiger partial charge in [-0.05, 0) is 39.4 Å². The average molecular weight is 343 g/mol. The van der Waals surface area contributed by atoms with Gasteiger partial charge in [0.25, 0.3) is 5.91 Å². The van der Waals surface area contributed by atoms with Gasteiger partial charge in [0.2, 0.25) is 0 Å². The molecular formula is C15H23BrN2O2. The van der Waals surface area contributed by atoms with Gasteiger partial charge in [-0.1, -0.05) is 28.9 Å². The van der Waals surface area contributed by atoms with Crippen molar-refractivity contribution in [2.24, 2.45) is 0 Å². The van der Waals surface area contributed by atoms with Crippen LogP contribution in [0.15, 0.2) is 22.7 Å². The lowest BCUT2D eigenvalue weighted by Gasteiger charge is -2.20. The lowest BCUT2D eigenvalue weighted by atomic mass is 10.1. The number of halogens is 1. The first-order chi connectivity index (χ1) is 9.49. The molecule has 0 aliphatic heterocycles. The topological polar surface area (TPSA) is 50.4 Å². The van der Waals surface area contributed by atoms with Crippen LogP contribution in [-0.4, -0.2) is 25.6 Å². The van der Waals surface area contributed by atoms with E-state index in [4.69, 9.17) is 4.74 Å². The van der Waals surface area contributed by atoms with Crippen LogP contribution in [0.25, 0.3) is 0 Å². The Hall–Kier alpha value is -1.07. The normalized spacial score (nSPS) is 13.7. The Kier molecular flexibility index (Phi) is 7.02. The van der Waals surface area contributed by atoms with Crippen molar-refractivity contribution in [1.82, 2.24) is 10.6 Å². The van der Waals surface area contributed by atoms with E-state index in [0.717, 1.165) is 22.2 Å². The molecule has 1 amide bonds. The maximum absolute atomic E-state index is 11.9. The van der Waals surface area contributed by atoms with Crippen molar-refractivity contribution in [1.29, 1.82) is 0 Å². The van der Waals surface area contributed by atoms with Gasteiger partial charge >= 0.3 is 0 Å². The van der Waals surface area contributed by atoms with E-state index in [-0.39, 0.29) is 11.9 Å². The summed E-state index contributed by atoms with van der Waals surface area (Å²) in [5, 5.41) is 6.02. The van der Waals surface area contributed by atoms with Crippen molar-refractivity contribution in [2.75, 3.05) is 13.6 Å². The second-order valence-electron chi connectivity index (χ2n) is 4.74. The Morgan fingerprint density at radius 1 is 1.40 bits per heavy atom. The fourth-order valence-electron chi connectivity index (χ4n) is 1.76. The van der Waals surface area contributed by atoms with Crippen molar-refractivity contribution in [3.63, 3.8) is 0 Å². The highest BCUT2D eigenvalue weighted by Gasteiger charge is 2.17. The Morgan fingerprint density at radius 3 is 2.70 bits per heavy atom. The summed E-state index contributed by atoms with van der Waals surface area (Å²) in [6, 6.07) is 6.02. The summed E-state index contributed by atoms with van der Waals surface area (Å²) in [4.78, 5) is 11.9. The molecule has 0 aliphatic carbocycles. The molecule has 20 heavy (non-hydrogen) atoms. The third-order valence-electron chi connectivity index (χ3n) is 3.10. The van der Waals surface area contributed by atoms with Crippen molar-refractivity contribution in [3.8, 4) is 5.75 Å². The summed E-state index contributed by atoms with van der Waals surface area (Å²) in [5.41, 5.74) is 1.03. The fraction of sp³-hybridized carbons (Fsp3) is 0.533. The molecule has 0 heterocycles. The molecule has 1 aromatic carbocycles. The number of amides is 1. The van der Waals surface area contributed by atoms with Crippen molar-refractivity contribution < 1.29 is 9.53 Å². The molecule has 112 valence electrons. The molecule has 2 atom stereocenters. The third kappa shape index (κ3) is 4.80. The quantitative estimate of drug-likeness (QED) is 0.800. The SMILES string of the molecule is CCCNC(=O)C(C)Oc1cc(Br)ccc1C(C)NC. The minimum atomic E-state index is -0.515. The summed E-state index contributed by atoms with van der Waals surface area (Å²) in [7, 11) is 1.90. The van der Waals surface area contributed by atoms with Gasteiger partial charge in [-0.3, -0.25) is 4.79 Å². The summed E-state index contributed by atoms with van der Waals surface area (Å²) in [6.45, 7) is 6.51. The molecule has 2 unspecified atom stereocenters. The van der Waals surface area contributed by atoms with Gasteiger partial charge in [0.1, 0.15) is 5.75 Å². The molecule has 5 heteroatoms. The first-order valence-electron chi connectivity index (χ1n) is 6.90. The van der Waals surface area contributed by atoms with Crippen LogP contribution in [0.4, 0.5) is 0 Å². The number of benzene rings is 1. The highest BCUT2D eigenvalue weighted by molar-refractivity contribution is 9.10. The Morgan fingerprint density at radius 2 is 2.10 bits per heavy atom. The second kappa shape index (κ2) is 8.27. The number of rotatable bonds is 7. The zero-order valence-corrected chi connectivity index (χ0v) is 14.1. The van der Waals surface area contributed by atoms with Gasteiger partial charge in [-0.2, -0.15) is 0 Å². The number of hydrogen-bond donors (Lipinski definition) is 2. The maximum Gasteiger partial charge on any atom is 0.260 e. The van der Waals surface area contributed by atoms with Crippen LogP contribution in [0.5, 0.6) is 5.75 Å². The van der Waals surface area contributed by atoms with E-state index in [2.05, 4.69) is 33.5 Å². The van der Waals surface area contributed by atoms with E-state index in [1.807, 2.05) is 32.2 Å². The van der Waals surface area contributed by atoms with Crippen LogP contribution in [0.2, 0.25) is 0 Å². The number of nitrogens with one attached hydrogen (secondary N) is 2. The molecular weight excluding hydrogens is 320 g/mol. The van der Waals surface area contributed by atoms with Gasteiger partial charge in [0, 0.05) is 22.6 Å². The minimum Gasteiger partial charge on any atom is -0.481 e. The molecule has 0 saturated carbocycles. The molecule has 4 nitrogen and oxygen atoms in total. The molecule has 0 aromatic heterocycles. The molecule has 0 bridgehead atoms. The second-order valence-corrected chi connectivity index (χ2v) is 5.66. The van der Waals surface area contributed by atoms with E-state index in [1.165, 1.54) is 0 Å². The first-order valence-corrected chi connectivity index (χ1v) is 7.70. The summed E-state index contributed by atoms with van der Waals surface area (Å²) >= 11 is 3.44. The van der Waals surface area contributed by atoms with Crippen molar-refractivity contribution >= 4 is 21.8 Å². The van der Waals surface area contributed by atoms with Crippen molar-refractivity contribution in [2.45, 2.75) is 39.3 Å². The first kappa shape index (κ1) is 17.0. The van der Waals surface area contributed by atoms with Crippen LogP contribution in [0.3, 0.4) is 0 Å². The average Bonchev–Trinajstić information content (AvgIpc) is 2.44. The summed E-state index contributed by atoms with van der Waals surface area (Å²) in [6.07, 6.45) is 0.399. The monoisotopic (exact) mass is 342 g/mol. The molecule has 0 aliphatic rings. The van der Waals surface area contributed by atoms with Crippen LogP contribution < -0.4 is 15.4 Å². The van der Waals surface area contributed by atoms with Crippen LogP contribution in [-0.2, 0) is 4.79 Å². The van der Waals surface area contributed by atoms with Gasteiger partial charge in [0.15, 0.2) is 6.10 Å². The summed E-state index contributed by atoms with van der Waals surface area (Å²) in [5.74, 6) is 0.634. The Bertz CT molecular complexity index is 451. The molecule has 1 rings (SSSR count). The molecule has 0 saturated heterocycles. The zero-order chi connectivity index (χ0) is 15.1. The third-order valence-corrected chi connectivity index (χ3v) is 3.59. The van der Waals surface area contributed by atoms with Gasteiger partial charge in [0.05, 0.1) is 0 Å². The standard InChI is InChI=1S/C15H23BrN2O2/c1-5-8-18-15(19)11(3)20-14-9-12(16)6-7-13(14)10(2)17-4/h6-7,9-11,17H,5,8H2,1-4H3,(H,18,19). The largest absolute Gasteiger partial charge is 0.481 e. The molecule has 0 spiro atoms. The van der Waals surface area contributed by atoms with Crippen LogP contribution in [0.1, 0.15) is 38.8 Å². The number of ether oxygens (including phenoxy) is 1. The van der Waals surface area contributed by atoms with E-state index < -0.39 is 6.10 Å². The number of carbonyl (C=O) groups is 1. The van der Waals surface area contributed by atoms with Crippen LogP contribution >= 0.6 is 15.9 Å². The molecule has 1 aromatic rings. The Labute approximate surface area is 129 Å². The van der Waals surface area contributed by atoms with E-state index in [9.17, 15) is 4.79 Å². The van der Waals surface area contributed by atoms with Gasteiger partial charge in [-0.25, -0.2) is 0 Å². The number of carbonyl (C=O) groups excluding carboxylic acids is 1. The molecule has 0 fully saturated rings. The molecule has 0 radical (unpaired) electrons. The predicted octanol–water partition coefficient (Wildman–Crippen LogP) is 3.02. The zero-order valence-electron chi connectivity index (χ0n) is 12.5. The molecule has 2 N–H and O–H groups in total. The highest BCUT2D eigenvalue weighted by Crippen LogP contribution is 2.29. The predicted molar refractivity (Wildman–Crippen MR) is 85.0 cm³/mol. The minimum absolute atomic E-state index is 0.0881. The van der Waals surface area contributed by atoms with E-state index >= 15 is 0 Å². The van der Waals surface area contributed by atoms with Crippen LogP contribution in [0, 0.1) is 0 Å². The van der Waals surface area contributed by atoms with Crippen molar-refractivity contribution in [3.05, 3.63) is 28.2 Å².